The first-order chi connectivity index (χ1) is 8.26. The molecule has 1 aromatic carbocycles. The first kappa shape index (κ1) is 14.4. The van der Waals surface area contributed by atoms with E-state index in [1.807, 2.05) is 23.9 Å². The van der Waals surface area contributed by atoms with Crippen LogP contribution in [0.3, 0.4) is 0 Å². The minimum atomic E-state index is 0.844. The number of rotatable bonds is 8. The molecule has 0 aliphatic heterocycles. The Morgan fingerprint density at radius 3 is 2.47 bits per heavy atom. The van der Waals surface area contributed by atoms with Crippen molar-refractivity contribution < 1.29 is 0 Å². The summed E-state index contributed by atoms with van der Waals surface area (Å²) in [5.74, 6) is 2.50. The van der Waals surface area contributed by atoms with E-state index in [0.717, 1.165) is 18.8 Å². The lowest BCUT2D eigenvalue weighted by Crippen LogP contribution is -2.24. The third kappa shape index (κ3) is 5.99. The number of hydrogen-bond donors (Lipinski definition) is 1. The van der Waals surface area contributed by atoms with Crippen molar-refractivity contribution in [3.63, 3.8) is 0 Å². The maximum Gasteiger partial charge on any atom is 0.0314 e. The molecule has 1 rings (SSSR count). The lowest BCUT2D eigenvalue weighted by molar-refractivity contribution is 0.281. The van der Waals surface area contributed by atoms with E-state index in [9.17, 15) is 0 Å². The standard InChI is InChI=1S/C14H24N2S/c1-3-16(10-5-11-17-4-2)12-13-6-8-14(15)9-7-13/h6-9H,3-5,10-12,15H2,1-2H3. The summed E-state index contributed by atoms with van der Waals surface area (Å²) in [5.41, 5.74) is 7.88. The second-order valence-corrected chi connectivity index (χ2v) is 5.55. The molecule has 0 radical (unpaired) electrons. The van der Waals surface area contributed by atoms with Crippen LogP contribution >= 0.6 is 11.8 Å². The molecule has 2 nitrogen and oxygen atoms in total. The Labute approximate surface area is 110 Å². The second kappa shape index (κ2) is 8.43. The molecule has 2 N–H and O–H groups in total. The molecule has 96 valence electrons. The van der Waals surface area contributed by atoms with Gasteiger partial charge in [0.05, 0.1) is 0 Å². The molecular formula is C14H24N2S. The average molecular weight is 252 g/mol. The fraction of sp³-hybridized carbons (Fsp3) is 0.571. The molecule has 0 bridgehead atoms. The van der Waals surface area contributed by atoms with Gasteiger partial charge >= 0.3 is 0 Å². The Hall–Kier alpha value is -0.670. The number of hydrogen-bond acceptors (Lipinski definition) is 3. The molecule has 0 unspecified atom stereocenters. The van der Waals surface area contributed by atoms with Crippen molar-refractivity contribution in [2.45, 2.75) is 26.8 Å². The van der Waals surface area contributed by atoms with Crippen LogP contribution in [0.2, 0.25) is 0 Å². The summed E-state index contributed by atoms with van der Waals surface area (Å²) in [6.07, 6.45) is 1.28. The molecule has 0 spiro atoms. The zero-order chi connectivity index (χ0) is 12.5. The van der Waals surface area contributed by atoms with Crippen molar-refractivity contribution in [1.29, 1.82) is 0 Å². The summed E-state index contributed by atoms with van der Waals surface area (Å²) in [5, 5.41) is 0. The molecule has 0 heterocycles. The van der Waals surface area contributed by atoms with Crippen molar-refractivity contribution in [2.24, 2.45) is 0 Å². The highest BCUT2D eigenvalue weighted by Gasteiger charge is 2.03. The Kier molecular flexibility index (Phi) is 7.13. The van der Waals surface area contributed by atoms with Crippen molar-refractivity contribution in [3.05, 3.63) is 29.8 Å². The molecule has 0 aliphatic rings. The van der Waals surface area contributed by atoms with E-state index >= 15 is 0 Å². The molecule has 0 aromatic heterocycles. The largest absolute Gasteiger partial charge is 0.399 e. The lowest BCUT2D eigenvalue weighted by atomic mass is 10.2. The van der Waals surface area contributed by atoms with Gasteiger partial charge < -0.3 is 5.73 Å². The van der Waals surface area contributed by atoms with Gasteiger partial charge in [-0.3, -0.25) is 4.90 Å². The smallest absolute Gasteiger partial charge is 0.0314 e. The van der Waals surface area contributed by atoms with Crippen LogP contribution in [0.5, 0.6) is 0 Å². The van der Waals surface area contributed by atoms with E-state index in [1.54, 1.807) is 0 Å². The fourth-order valence-corrected chi connectivity index (χ4v) is 2.39. The first-order valence-corrected chi connectivity index (χ1v) is 7.56. The molecule has 0 atom stereocenters. The minimum absolute atomic E-state index is 0.844. The second-order valence-electron chi connectivity index (χ2n) is 4.16. The van der Waals surface area contributed by atoms with Gasteiger partial charge in [-0.25, -0.2) is 0 Å². The van der Waals surface area contributed by atoms with Crippen molar-refractivity contribution in [1.82, 2.24) is 4.90 Å². The summed E-state index contributed by atoms with van der Waals surface area (Å²) >= 11 is 2.03. The van der Waals surface area contributed by atoms with E-state index in [4.69, 9.17) is 5.73 Å². The van der Waals surface area contributed by atoms with Gasteiger partial charge in [-0.15, -0.1) is 0 Å². The summed E-state index contributed by atoms with van der Waals surface area (Å²) in [7, 11) is 0. The van der Waals surface area contributed by atoms with Crippen LogP contribution < -0.4 is 5.73 Å². The molecule has 17 heavy (non-hydrogen) atoms. The molecule has 0 saturated heterocycles. The van der Waals surface area contributed by atoms with Crippen LogP contribution in [0.15, 0.2) is 24.3 Å². The Morgan fingerprint density at radius 1 is 1.18 bits per heavy atom. The highest BCUT2D eigenvalue weighted by molar-refractivity contribution is 7.99. The maximum absolute atomic E-state index is 5.69. The van der Waals surface area contributed by atoms with Crippen LogP contribution in [-0.2, 0) is 6.54 Å². The summed E-state index contributed by atoms with van der Waals surface area (Å²) in [6.45, 7) is 7.78. The van der Waals surface area contributed by atoms with E-state index in [1.165, 1.54) is 30.0 Å². The maximum atomic E-state index is 5.69. The van der Waals surface area contributed by atoms with Crippen LogP contribution in [-0.4, -0.2) is 29.5 Å². The Bertz CT molecular complexity index is 298. The van der Waals surface area contributed by atoms with Gasteiger partial charge in [-0.1, -0.05) is 26.0 Å². The average Bonchev–Trinajstić information content (AvgIpc) is 2.35. The normalized spacial score (nSPS) is 11.0. The Balaban J connectivity index is 2.33. The summed E-state index contributed by atoms with van der Waals surface area (Å²) < 4.78 is 0. The molecule has 0 aliphatic carbocycles. The third-order valence-electron chi connectivity index (χ3n) is 2.80. The molecule has 0 amide bonds. The predicted molar refractivity (Wildman–Crippen MR) is 79.4 cm³/mol. The van der Waals surface area contributed by atoms with Crippen molar-refractivity contribution in [2.75, 3.05) is 30.3 Å². The molecule has 3 heteroatoms. The molecule has 1 aromatic rings. The fourth-order valence-electron chi connectivity index (χ4n) is 1.76. The van der Waals surface area contributed by atoms with Crippen LogP contribution in [0, 0.1) is 0 Å². The highest BCUT2D eigenvalue weighted by atomic mass is 32.2. The molecule has 0 saturated carbocycles. The zero-order valence-electron chi connectivity index (χ0n) is 11.0. The van der Waals surface area contributed by atoms with E-state index in [2.05, 4.69) is 30.9 Å². The van der Waals surface area contributed by atoms with Crippen LogP contribution in [0.4, 0.5) is 5.69 Å². The third-order valence-corrected chi connectivity index (χ3v) is 3.79. The monoisotopic (exact) mass is 252 g/mol. The van der Waals surface area contributed by atoms with Gasteiger partial charge in [0.1, 0.15) is 0 Å². The quantitative estimate of drug-likeness (QED) is 0.569. The van der Waals surface area contributed by atoms with E-state index < -0.39 is 0 Å². The lowest BCUT2D eigenvalue weighted by Gasteiger charge is -2.20. The summed E-state index contributed by atoms with van der Waals surface area (Å²) in [4.78, 5) is 2.49. The van der Waals surface area contributed by atoms with Crippen LogP contribution in [0.1, 0.15) is 25.8 Å². The SMILES string of the molecule is CCSCCCN(CC)Cc1ccc(N)cc1. The van der Waals surface area contributed by atoms with Gasteiger partial charge in [0.25, 0.3) is 0 Å². The van der Waals surface area contributed by atoms with Crippen LogP contribution in [0.25, 0.3) is 0 Å². The van der Waals surface area contributed by atoms with Gasteiger partial charge in [0.2, 0.25) is 0 Å². The van der Waals surface area contributed by atoms with Crippen molar-refractivity contribution >= 4 is 17.4 Å². The molecule has 0 fully saturated rings. The van der Waals surface area contributed by atoms with Gasteiger partial charge in [0.15, 0.2) is 0 Å². The van der Waals surface area contributed by atoms with E-state index in [0.29, 0.717) is 0 Å². The first-order valence-electron chi connectivity index (χ1n) is 6.40. The highest BCUT2D eigenvalue weighted by Crippen LogP contribution is 2.09. The Morgan fingerprint density at radius 2 is 1.88 bits per heavy atom. The predicted octanol–water partition coefficient (Wildman–Crippen LogP) is 3.23. The zero-order valence-corrected chi connectivity index (χ0v) is 11.8. The summed E-state index contributed by atoms with van der Waals surface area (Å²) in [6, 6.07) is 8.21. The number of anilines is 1. The minimum Gasteiger partial charge on any atom is -0.399 e. The number of thioether (sulfide) groups is 1. The number of nitrogens with two attached hydrogens (primary N) is 1. The topological polar surface area (TPSA) is 29.3 Å². The van der Waals surface area contributed by atoms with Gasteiger partial charge in [0, 0.05) is 12.2 Å². The molecular weight excluding hydrogens is 228 g/mol. The number of nitrogens with zero attached hydrogens (tertiary/aromatic N) is 1. The number of benzene rings is 1. The van der Waals surface area contributed by atoms with Crippen molar-refractivity contribution in [3.8, 4) is 0 Å². The van der Waals surface area contributed by atoms with Gasteiger partial charge in [-0.2, -0.15) is 11.8 Å². The van der Waals surface area contributed by atoms with E-state index in [-0.39, 0.29) is 0 Å². The number of nitrogen functional groups attached to an aromatic ring is 1. The van der Waals surface area contributed by atoms with Gasteiger partial charge in [-0.05, 0) is 48.7 Å².